The van der Waals surface area contributed by atoms with Gasteiger partial charge in [-0.05, 0) is 25.2 Å². The summed E-state index contributed by atoms with van der Waals surface area (Å²) >= 11 is 0. The zero-order chi connectivity index (χ0) is 20.2. The van der Waals surface area contributed by atoms with Crippen LogP contribution in [0.1, 0.15) is 101 Å². The van der Waals surface area contributed by atoms with Gasteiger partial charge in [-0.15, -0.1) is 0 Å². The lowest BCUT2D eigenvalue weighted by Crippen LogP contribution is -2.54. The molecule has 0 bridgehead atoms. The molecule has 1 fully saturated rings. The highest BCUT2D eigenvalue weighted by molar-refractivity contribution is 5.11. The molecular weight excluding hydrogens is 304 g/mol. The molecule has 1 saturated carbocycles. The number of hydrogen-bond acceptors (Lipinski definition) is 4. The molecular formula is C20H44O4. The van der Waals surface area contributed by atoms with Crippen LogP contribution < -0.4 is 0 Å². The average Bonchev–Trinajstić information content (AvgIpc) is 2.49. The van der Waals surface area contributed by atoms with Gasteiger partial charge in [0.25, 0.3) is 0 Å². The number of hydrogen-bond donors (Lipinski definition) is 3. The van der Waals surface area contributed by atoms with Crippen molar-refractivity contribution in [3.05, 3.63) is 0 Å². The summed E-state index contributed by atoms with van der Waals surface area (Å²) in [5.74, 6) is 0. The highest BCUT2D eigenvalue weighted by Crippen LogP contribution is 2.43. The molecule has 0 aromatic heterocycles. The van der Waals surface area contributed by atoms with Crippen molar-refractivity contribution < 1.29 is 20.1 Å². The van der Waals surface area contributed by atoms with Crippen LogP contribution in [-0.4, -0.2) is 38.9 Å². The van der Waals surface area contributed by atoms with Gasteiger partial charge in [-0.25, -0.2) is 0 Å². The largest absolute Gasteiger partial charge is 0.390 e. The minimum Gasteiger partial charge on any atom is -0.390 e. The van der Waals surface area contributed by atoms with Gasteiger partial charge in [0.1, 0.15) is 6.79 Å². The maximum absolute atomic E-state index is 10.2. The van der Waals surface area contributed by atoms with Gasteiger partial charge in [0.2, 0.25) is 0 Å². The summed E-state index contributed by atoms with van der Waals surface area (Å²) in [6.07, 6.45) is 3.52. The molecule has 3 N–H and O–H groups in total. The molecule has 0 spiro atoms. The summed E-state index contributed by atoms with van der Waals surface area (Å²) in [6, 6.07) is 0. The fraction of sp³-hybridized carbons (Fsp3) is 0.950. The van der Waals surface area contributed by atoms with Gasteiger partial charge in [0.05, 0.1) is 16.8 Å². The second kappa shape index (κ2) is 12.0. The number of aliphatic hydroxyl groups is 3. The Morgan fingerprint density at radius 2 is 1.08 bits per heavy atom. The topological polar surface area (TPSA) is 77.8 Å². The quantitative estimate of drug-likeness (QED) is 0.687. The minimum atomic E-state index is -0.951. The van der Waals surface area contributed by atoms with E-state index < -0.39 is 16.8 Å². The third-order valence-electron chi connectivity index (χ3n) is 4.45. The Morgan fingerprint density at radius 1 is 0.833 bits per heavy atom. The maximum Gasteiger partial charge on any atom is 0.106 e. The molecule has 1 aliphatic carbocycles. The van der Waals surface area contributed by atoms with Crippen LogP contribution in [0.4, 0.5) is 0 Å². The van der Waals surface area contributed by atoms with E-state index in [1.807, 2.05) is 34.5 Å². The monoisotopic (exact) mass is 348 g/mol. The Kier molecular flexibility index (Phi) is 14.2. The molecule has 0 amide bonds. The first kappa shape index (κ1) is 28.4. The summed E-state index contributed by atoms with van der Waals surface area (Å²) in [4.78, 5) is 8.00. The Labute approximate surface area is 150 Å². The second-order valence-electron chi connectivity index (χ2n) is 8.10. The van der Waals surface area contributed by atoms with Gasteiger partial charge in [0, 0.05) is 19.3 Å². The van der Waals surface area contributed by atoms with E-state index in [4.69, 9.17) is 4.79 Å². The number of carbonyl (C=O) groups excluding carboxylic acids is 1. The minimum absolute atomic E-state index is 0.360. The van der Waals surface area contributed by atoms with Crippen LogP contribution in [0.2, 0.25) is 0 Å². The predicted octanol–water partition coefficient (Wildman–Crippen LogP) is 4.49. The van der Waals surface area contributed by atoms with Crippen molar-refractivity contribution in [3.8, 4) is 0 Å². The molecule has 0 aromatic carbocycles. The van der Waals surface area contributed by atoms with Gasteiger partial charge >= 0.3 is 0 Å². The Bertz CT molecular complexity index is 289. The van der Waals surface area contributed by atoms with Crippen molar-refractivity contribution in [1.82, 2.24) is 0 Å². The fourth-order valence-electron chi connectivity index (χ4n) is 2.72. The third-order valence-corrected chi connectivity index (χ3v) is 4.45. The second-order valence-corrected chi connectivity index (χ2v) is 8.10. The van der Waals surface area contributed by atoms with Crippen LogP contribution >= 0.6 is 0 Å². The summed E-state index contributed by atoms with van der Waals surface area (Å²) < 4.78 is 0. The van der Waals surface area contributed by atoms with E-state index in [0.717, 1.165) is 0 Å². The SMILES string of the molecule is C=O.CC.CCC(C)(C)C.CCC1(O)CC(C)(O)CC(O)(CC)C1. The van der Waals surface area contributed by atoms with E-state index in [9.17, 15) is 15.3 Å². The molecule has 4 nitrogen and oxygen atoms in total. The van der Waals surface area contributed by atoms with Crippen LogP contribution in [0.15, 0.2) is 0 Å². The van der Waals surface area contributed by atoms with Gasteiger partial charge in [-0.1, -0.05) is 61.8 Å². The van der Waals surface area contributed by atoms with Crippen LogP contribution in [0, 0.1) is 5.41 Å². The molecule has 148 valence electrons. The van der Waals surface area contributed by atoms with E-state index in [2.05, 4.69) is 27.7 Å². The molecule has 2 atom stereocenters. The van der Waals surface area contributed by atoms with E-state index in [1.165, 1.54) is 6.42 Å². The summed E-state index contributed by atoms with van der Waals surface area (Å²) in [7, 11) is 0. The Balaban J connectivity index is -0.000000371. The molecule has 1 aliphatic rings. The van der Waals surface area contributed by atoms with E-state index in [-0.39, 0.29) is 0 Å². The van der Waals surface area contributed by atoms with Gasteiger partial charge in [-0.3, -0.25) is 0 Å². The predicted molar refractivity (Wildman–Crippen MR) is 103 cm³/mol. The molecule has 0 heterocycles. The van der Waals surface area contributed by atoms with Crippen molar-refractivity contribution in [1.29, 1.82) is 0 Å². The molecule has 0 saturated heterocycles. The zero-order valence-corrected chi connectivity index (χ0v) is 17.7. The fourth-order valence-corrected chi connectivity index (χ4v) is 2.72. The lowest BCUT2D eigenvalue weighted by Gasteiger charge is -2.48. The zero-order valence-electron chi connectivity index (χ0n) is 17.7. The first-order valence-corrected chi connectivity index (χ1v) is 9.26. The lowest BCUT2D eigenvalue weighted by molar-refractivity contribution is -0.174. The Morgan fingerprint density at radius 3 is 1.25 bits per heavy atom. The van der Waals surface area contributed by atoms with Gasteiger partial charge in [0.15, 0.2) is 0 Å². The van der Waals surface area contributed by atoms with Gasteiger partial charge < -0.3 is 20.1 Å². The molecule has 0 aromatic rings. The average molecular weight is 349 g/mol. The van der Waals surface area contributed by atoms with E-state index in [1.54, 1.807) is 6.92 Å². The van der Waals surface area contributed by atoms with Gasteiger partial charge in [-0.2, -0.15) is 0 Å². The lowest BCUT2D eigenvalue weighted by atomic mass is 9.66. The highest BCUT2D eigenvalue weighted by Gasteiger charge is 2.49. The number of rotatable bonds is 2. The Hall–Kier alpha value is -0.450. The van der Waals surface area contributed by atoms with Crippen molar-refractivity contribution in [2.45, 2.75) is 118 Å². The van der Waals surface area contributed by atoms with Crippen molar-refractivity contribution >= 4 is 6.79 Å². The molecule has 4 heteroatoms. The molecule has 2 unspecified atom stereocenters. The molecule has 24 heavy (non-hydrogen) atoms. The standard InChI is InChI=1S/C11H22O3.C6H14.C2H6.CH2O/c1-4-10(13)6-9(3,12)7-11(14,5-2)8-10;1-5-6(2,3)4;2*1-2/h12-14H,4-8H2,1-3H3;5H2,1-4H3;1-2H3;1H2. The van der Waals surface area contributed by atoms with Crippen LogP contribution in [0.5, 0.6) is 0 Å². The van der Waals surface area contributed by atoms with E-state index in [0.29, 0.717) is 37.5 Å². The van der Waals surface area contributed by atoms with Crippen LogP contribution in [0.25, 0.3) is 0 Å². The highest BCUT2D eigenvalue weighted by atomic mass is 16.3. The van der Waals surface area contributed by atoms with Crippen molar-refractivity contribution in [2.75, 3.05) is 0 Å². The van der Waals surface area contributed by atoms with Crippen molar-refractivity contribution in [2.24, 2.45) is 5.41 Å². The van der Waals surface area contributed by atoms with Crippen LogP contribution in [-0.2, 0) is 4.79 Å². The summed E-state index contributed by atoms with van der Waals surface area (Å²) in [6.45, 7) is 20.4. The summed E-state index contributed by atoms with van der Waals surface area (Å²) in [5.41, 5.74) is -2.23. The van der Waals surface area contributed by atoms with E-state index >= 15 is 0 Å². The summed E-state index contributed by atoms with van der Waals surface area (Å²) in [5, 5.41) is 30.3. The first-order valence-electron chi connectivity index (χ1n) is 9.26. The number of carbonyl (C=O) groups is 1. The molecule has 1 rings (SSSR count). The molecule has 0 radical (unpaired) electrons. The smallest absolute Gasteiger partial charge is 0.106 e. The maximum atomic E-state index is 10.2. The van der Waals surface area contributed by atoms with Crippen molar-refractivity contribution in [3.63, 3.8) is 0 Å². The van der Waals surface area contributed by atoms with Crippen LogP contribution in [0.3, 0.4) is 0 Å². The first-order chi connectivity index (χ1) is 10.8. The molecule has 0 aliphatic heterocycles. The third kappa shape index (κ3) is 12.9. The normalized spacial score (nSPS) is 32.2.